The summed E-state index contributed by atoms with van der Waals surface area (Å²) in [5, 5.41) is 3.03. The maximum atomic E-state index is 13.3. The number of nitrogens with one attached hydrogen (secondary N) is 1. The van der Waals surface area contributed by atoms with E-state index in [0.717, 1.165) is 11.1 Å². The molecule has 0 aliphatic carbocycles. The Hall–Kier alpha value is -2.95. The second kappa shape index (κ2) is 7.95. The van der Waals surface area contributed by atoms with Crippen LogP contribution in [-0.2, 0) is 18.3 Å². The molecule has 1 heterocycles. The molecule has 0 radical (unpaired) electrons. The summed E-state index contributed by atoms with van der Waals surface area (Å²) >= 11 is 0. The van der Waals surface area contributed by atoms with Gasteiger partial charge in [0.25, 0.3) is 0 Å². The smallest absolute Gasteiger partial charge is 0.221 e. The van der Waals surface area contributed by atoms with Crippen LogP contribution in [0, 0.1) is 12.7 Å². The van der Waals surface area contributed by atoms with Gasteiger partial charge in [-0.1, -0.05) is 42.0 Å². The Balaban J connectivity index is 1.73. The van der Waals surface area contributed by atoms with Gasteiger partial charge in [0.05, 0.1) is 0 Å². The van der Waals surface area contributed by atoms with E-state index in [-0.39, 0.29) is 11.7 Å². The summed E-state index contributed by atoms with van der Waals surface area (Å²) in [6.45, 7) is 2.04. The van der Waals surface area contributed by atoms with Gasteiger partial charge in [0.15, 0.2) is 0 Å². The summed E-state index contributed by atoms with van der Waals surface area (Å²) in [7, 11) is 1.87. The quantitative estimate of drug-likeness (QED) is 0.736. The van der Waals surface area contributed by atoms with E-state index in [0.29, 0.717) is 18.7 Å². The lowest BCUT2D eigenvalue weighted by Gasteiger charge is -2.19. The van der Waals surface area contributed by atoms with Crippen molar-refractivity contribution in [1.82, 2.24) is 14.9 Å². The van der Waals surface area contributed by atoms with Crippen LogP contribution in [0.5, 0.6) is 0 Å². The van der Waals surface area contributed by atoms with Crippen molar-refractivity contribution in [2.45, 2.75) is 25.8 Å². The van der Waals surface area contributed by atoms with Gasteiger partial charge in [0.2, 0.25) is 5.91 Å². The standard InChI is InChI=1S/C21H22FN3O/c1-15-3-5-16(6-4-15)7-12-19(26)24-20(21-23-13-14-25(21)2)17-8-10-18(22)11-9-17/h3-6,8-11,13-14,20H,7,12H2,1-2H3,(H,24,26)/t20-/m1/s1. The Labute approximate surface area is 152 Å². The van der Waals surface area contributed by atoms with E-state index in [1.807, 2.05) is 49.0 Å². The first kappa shape index (κ1) is 17.9. The monoisotopic (exact) mass is 351 g/mol. The number of imidazole rings is 1. The van der Waals surface area contributed by atoms with Crippen LogP contribution in [0.1, 0.15) is 35.0 Å². The minimum Gasteiger partial charge on any atom is -0.342 e. The van der Waals surface area contributed by atoms with Crippen LogP contribution in [0.15, 0.2) is 60.9 Å². The molecule has 0 bridgehead atoms. The van der Waals surface area contributed by atoms with E-state index in [9.17, 15) is 9.18 Å². The number of aromatic nitrogens is 2. The molecule has 0 fully saturated rings. The Bertz CT molecular complexity index is 869. The van der Waals surface area contributed by atoms with Gasteiger partial charge >= 0.3 is 0 Å². The number of halogens is 1. The third kappa shape index (κ3) is 4.36. The van der Waals surface area contributed by atoms with Crippen molar-refractivity contribution in [3.8, 4) is 0 Å². The molecule has 26 heavy (non-hydrogen) atoms. The van der Waals surface area contributed by atoms with Gasteiger partial charge in [-0.05, 0) is 36.6 Å². The van der Waals surface area contributed by atoms with E-state index in [4.69, 9.17) is 0 Å². The average Bonchev–Trinajstić information content (AvgIpc) is 3.06. The number of nitrogens with zero attached hydrogens (tertiary/aromatic N) is 2. The Morgan fingerprint density at radius 2 is 1.85 bits per heavy atom. The lowest BCUT2D eigenvalue weighted by atomic mass is 10.0. The third-order valence-corrected chi connectivity index (χ3v) is 4.39. The highest BCUT2D eigenvalue weighted by Gasteiger charge is 2.20. The van der Waals surface area contributed by atoms with Crippen molar-refractivity contribution in [2.75, 3.05) is 0 Å². The van der Waals surface area contributed by atoms with Crippen LogP contribution in [0.3, 0.4) is 0 Å². The van der Waals surface area contributed by atoms with Crippen LogP contribution in [-0.4, -0.2) is 15.5 Å². The fourth-order valence-electron chi connectivity index (χ4n) is 2.85. The van der Waals surface area contributed by atoms with Gasteiger partial charge in [-0.25, -0.2) is 9.37 Å². The first-order valence-electron chi connectivity index (χ1n) is 8.60. The highest BCUT2D eigenvalue weighted by atomic mass is 19.1. The highest BCUT2D eigenvalue weighted by Crippen LogP contribution is 2.21. The van der Waals surface area contributed by atoms with Crippen LogP contribution in [0.4, 0.5) is 4.39 Å². The van der Waals surface area contributed by atoms with Crippen molar-refractivity contribution < 1.29 is 9.18 Å². The van der Waals surface area contributed by atoms with E-state index in [1.54, 1.807) is 18.3 Å². The zero-order valence-corrected chi connectivity index (χ0v) is 14.9. The number of aryl methyl sites for hydroxylation is 3. The molecule has 0 unspecified atom stereocenters. The molecule has 1 atom stereocenters. The number of benzene rings is 2. The first-order chi connectivity index (χ1) is 12.5. The maximum Gasteiger partial charge on any atom is 0.221 e. The fraction of sp³-hybridized carbons (Fsp3) is 0.238. The van der Waals surface area contributed by atoms with Gasteiger partial charge in [0.1, 0.15) is 17.7 Å². The molecule has 0 saturated heterocycles. The second-order valence-electron chi connectivity index (χ2n) is 6.43. The Morgan fingerprint density at radius 3 is 2.46 bits per heavy atom. The molecule has 134 valence electrons. The summed E-state index contributed by atoms with van der Waals surface area (Å²) in [5.74, 6) is 0.334. The molecular weight excluding hydrogens is 329 g/mol. The molecule has 1 amide bonds. The molecule has 0 aliphatic heterocycles. The van der Waals surface area contributed by atoms with Crippen LogP contribution < -0.4 is 5.32 Å². The lowest BCUT2D eigenvalue weighted by molar-refractivity contribution is -0.121. The molecule has 0 saturated carbocycles. The van der Waals surface area contributed by atoms with Gasteiger partial charge in [-0.15, -0.1) is 0 Å². The van der Waals surface area contributed by atoms with Crippen molar-refractivity contribution in [1.29, 1.82) is 0 Å². The van der Waals surface area contributed by atoms with E-state index < -0.39 is 6.04 Å². The van der Waals surface area contributed by atoms with Gasteiger partial charge in [-0.3, -0.25) is 4.79 Å². The highest BCUT2D eigenvalue weighted by molar-refractivity contribution is 5.77. The molecule has 0 spiro atoms. The molecule has 1 N–H and O–H groups in total. The summed E-state index contributed by atoms with van der Waals surface area (Å²) in [6, 6.07) is 13.9. The largest absolute Gasteiger partial charge is 0.342 e. The topological polar surface area (TPSA) is 46.9 Å². The minimum absolute atomic E-state index is 0.0668. The zero-order valence-electron chi connectivity index (χ0n) is 14.9. The molecule has 1 aromatic heterocycles. The molecular formula is C21H22FN3O. The summed E-state index contributed by atoms with van der Waals surface area (Å²) in [5.41, 5.74) is 3.12. The first-order valence-corrected chi connectivity index (χ1v) is 8.60. The Kier molecular flexibility index (Phi) is 5.46. The van der Waals surface area contributed by atoms with Gasteiger partial charge in [-0.2, -0.15) is 0 Å². The number of hydrogen-bond donors (Lipinski definition) is 1. The molecule has 5 heteroatoms. The fourth-order valence-corrected chi connectivity index (χ4v) is 2.85. The van der Waals surface area contributed by atoms with Crippen molar-refractivity contribution in [2.24, 2.45) is 7.05 Å². The summed E-state index contributed by atoms with van der Waals surface area (Å²) in [4.78, 5) is 16.9. The third-order valence-electron chi connectivity index (χ3n) is 4.39. The van der Waals surface area contributed by atoms with Crippen LogP contribution >= 0.6 is 0 Å². The maximum absolute atomic E-state index is 13.3. The predicted molar refractivity (Wildman–Crippen MR) is 99.1 cm³/mol. The number of rotatable bonds is 6. The number of carbonyl (C=O) groups excluding carboxylic acids is 1. The van der Waals surface area contributed by atoms with E-state index >= 15 is 0 Å². The van der Waals surface area contributed by atoms with Crippen molar-refractivity contribution in [3.05, 3.63) is 89.3 Å². The van der Waals surface area contributed by atoms with Crippen molar-refractivity contribution in [3.63, 3.8) is 0 Å². The van der Waals surface area contributed by atoms with Crippen LogP contribution in [0.2, 0.25) is 0 Å². The van der Waals surface area contributed by atoms with Gasteiger partial charge < -0.3 is 9.88 Å². The predicted octanol–water partition coefficient (Wildman–Crippen LogP) is 3.71. The molecule has 0 aliphatic rings. The number of hydrogen-bond acceptors (Lipinski definition) is 2. The van der Waals surface area contributed by atoms with E-state index in [1.165, 1.54) is 17.7 Å². The van der Waals surface area contributed by atoms with Gasteiger partial charge in [0, 0.05) is 25.9 Å². The van der Waals surface area contributed by atoms with E-state index in [2.05, 4.69) is 10.3 Å². The Morgan fingerprint density at radius 1 is 1.15 bits per heavy atom. The van der Waals surface area contributed by atoms with Crippen LogP contribution in [0.25, 0.3) is 0 Å². The average molecular weight is 351 g/mol. The normalized spacial score (nSPS) is 12.0. The molecule has 2 aromatic carbocycles. The second-order valence-corrected chi connectivity index (χ2v) is 6.43. The molecule has 3 aromatic rings. The van der Waals surface area contributed by atoms with Crippen molar-refractivity contribution >= 4 is 5.91 Å². The minimum atomic E-state index is -0.416. The molecule has 3 rings (SSSR count). The summed E-state index contributed by atoms with van der Waals surface area (Å²) in [6.07, 6.45) is 4.56. The zero-order chi connectivity index (χ0) is 18.5. The number of amides is 1. The molecule has 4 nitrogen and oxygen atoms in total. The lowest BCUT2D eigenvalue weighted by Crippen LogP contribution is -2.31. The SMILES string of the molecule is Cc1ccc(CCC(=O)N[C@H](c2ccc(F)cc2)c2nccn2C)cc1. The summed E-state index contributed by atoms with van der Waals surface area (Å²) < 4.78 is 15.1. The number of carbonyl (C=O) groups is 1.